The van der Waals surface area contributed by atoms with Gasteiger partial charge in [-0.25, -0.2) is 12.8 Å². The van der Waals surface area contributed by atoms with E-state index in [-0.39, 0.29) is 15.7 Å². The quantitative estimate of drug-likeness (QED) is 0.362. The first kappa shape index (κ1) is 23.2. The lowest BCUT2D eigenvalue weighted by atomic mass is 10.2. The molecule has 3 rings (SSSR count). The molecule has 11 heteroatoms. The van der Waals surface area contributed by atoms with Crippen molar-refractivity contribution in [1.82, 2.24) is 10.2 Å². The van der Waals surface area contributed by atoms with Crippen molar-refractivity contribution in [3.8, 4) is 0 Å². The van der Waals surface area contributed by atoms with Crippen LogP contribution in [0.5, 0.6) is 0 Å². The van der Waals surface area contributed by atoms with Crippen LogP contribution in [0.1, 0.15) is 18.9 Å². The number of benzene rings is 2. The van der Waals surface area contributed by atoms with Gasteiger partial charge in [-0.1, -0.05) is 47.7 Å². The van der Waals surface area contributed by atoms with E-state index in [4.69, 9.17) is 0 Å². The first-order valence-corrected chi connectivity index (χ1v) is 12.6. The molecule has 0 aliphatic rings. The zero-order valence-electron chi connectivity index (χ0n) is 16.9. The number of thioether (sulfide) groups is 1. The Balaban J connectivity index is 1.84. The van der Waals surface area contributed by atoms with Gasteiger partial charge in [0.1, 0.15) is 12.4 Å². The summed E-state index contributed by atoms with van der Waals surface area (Å²) in [5.41, 5.74) is 1.08. The monoisotopic (exact) mass is 480 g/mol. The highest BCUT2D eigenvalue weighted by Gasteiger charge is 2.27. The lowest BCUT2D eigenvalue weighted by Gasteiger charge is -2.24. The minimum absolute atomic E-state index is 0.0318. The number of nitrogens with one attached hydrogen (secondary N) is 1. The molecule has 1 heterocycles. The maximum absolute atomic E-state index is 13.4. The van der Waals surface area contributed by atoms with E-state index >= 15 is 0 Å². The predicted molar refractivity (Wildman–Crippen MR) is 122 cm³/mol. The average molecular weight is 481 g/mol. The van der Waals surface area contributed by atoms with Crippen LogP contribution in [-0.4, -0.2) is 36.8 Å². The van der Waals surface area contributed by atoms with E-state index in [0.29, 0.717) is 0 Å². The number of halogens is 1. The van der Waals surface area contributed by atoms with Gasteiger partial charge in [-0.3, -0.25) is 14.4 Å². The third-order valence-electron chi connectivity index (χ3n) is 4.09. The molecule has 7 nitrogen and oxygen atoms in total. The van der Waals surface area contributed by atoms with E-state index in [1.807, 2.05) is 6.92 Å². The first-order chi connectivity index (χ1) is 14.8. The van der Waals surface area contributed by atoms with E-state index in [0.717, 1.165) is 38.5 Å². The third-order valence-corrected chi connectivity index (χ3v) is 8.06. The number of hydrogen-bond acceptors (Lipinski definition) is 7. The van der Waals surface area contributed by atoms with Crippen molar-refractivity contribution in [1.29, 1.82) is 0 Å². The summed E-state index contributed by atoms with van der Waals surface area (Å²) < 4.78 is 41.6. The van der Waals surface area contributed by atoms with Crippen LogP contribution in [0.25, 0.3) is 0 Å². The normalized spacial score (nSPS) is 11.3. The van der Waals surface area contributed by atoms with Gasteiger partial charge < -0.3 is 0 Å². The van der Waals surface area contributed by atoms with Crippen molar-refractivity contribution < 1.29 is 17.6 Å². The molecule has 0 radical (unpaired) electrons. The molecule has 2 aromatic carbocycles. The fourth-order valence-electron chi connectivity index (χ4n) is 2.56. The molecule has 0 aliphatic carbocycles. The lowest BCUT2D eigenvalue weighted by molar-refractivity contribution is -0.114. The number of anilines is 2. The summed E-state index contributed by atoms with van der Waals surface area (Å²) >= 11 is 2.76. The van der Waals surface area contributed by atoms with E-state index in [1.165, 1.54) is 47.4 Å². The predicted octanol–water partition coefficient (Wildman–Crippen LogP) is 4.32. The van der Waals surface area contributed by atoms with Crippen molar-refractivity contribution in [2.75, 3.05) is 21.9 Å². The molecule has 1 aromatic heterocycles. The minimum atomic E-state index is -4.06. The van der Waals surface area contributed by atoms with E-state index < -0.39 is 28.3 Å². The highest BCUT2D eigenvalue weighted by Crippen LogP contribution is 2.27. The number of amides is 1. The van der Waals surface area contributed by atoms with E-state index in [2.05, 4.69) is 22.4 Å². The van der Waals surface area contributed by atoms with Gasteiger partial charge in [0.2, 0.25) is 11.0 Å². The molecule has 0 saturated carbocycles. The molecular weight excluding hydrogens is 459 g/mol. The Kier molecular flexibility index (Phi) is 7.63. The second-order valence-corrected chi connectivity index (χ2v) is 10.8. The van der Waals surface area contributed by atoms with Crippen molar-refractivity contribution in [2.24, 2.45) is 0 Å². The molecule has 0 atom stereocenters. The van der Waals surface area contributed by atoms with Gasteiger partial charge in [-0.2, -0.15) is 0 Å². The summed E-state index contributed by atoms with van der Waals surface area (Å²) in [4.78, 5) is 12.7. The van der Waals surface area contributed by atoms with Gasteiger partial charge in [-0.05, 0) is 49.7 Å². The van der Waals surface area contributed by atoms with Crippen LogP contribution in [0.3, 0.4) is 0 Å². The fourth-order valence-corrected chi connectivity index (χ4v) is 5.67. The molecule has 0 unspecified atom stereocenters. The topological polar surface area (TPSA) is 92.3 Å². The Labute approximate surface area is 188 Å². The Hall–Kier alpha value is -2.50. The summed E-state index contributed by atoms with van der Waals surface area (Å²) in [5, 5.41) is 10.8. The second kappa shape index (κ2) is 10.2. The van der Waals surface area contributed by atoms with Crippen LogP contribution in [0.2, 0.25) is 0 Å². The fraction of sp³-hybridized carbons (Fsp3) is 0.250. The molecule has 1 amide bonds. The van der Waals surface area contributed by atoms with Crippen molar-refractivity contribution in [3.05, 3.63) is 59.9 Å². The molecule has 164 valence electrons. The van der Waals surface area contributed by atoms with Crippen molar-refractivity contribution in [3.63, 3.8) is 0 Å². The van der Waals surface area contributed by atoms with E-state index in [1.54, 1.807) is 12.1 Å². The maximum atomic E-state index is 13.4. The van der Waals surface area contributed by atoms with Gasteiger partial charge in [-0.15, -0.1) is 10.2 Å². The van der Waals surface area contributed by atoms with Crippen LogP contribution in [0.4, 0.5) is 15.2 Å². The molecule has 1 N–H and O–H groups in total. The van der Waals surface area contributed by atoms with Crippen LogP contribution in [-0.2, 0) is 14.8 Å². The van der Waals surface area contributed by atoms with Gasteiger partial charge in [0.25, 0.3) is 10.0 Å². The van der Waals surface area contributed by atoms with Gasteiger partial charge >= 0.3 is 0 Å². The molecule has 0 aliphatic heterocycles. The number of nitrogens with zero attached hydrogens (tertiary/aromatic N) is 3. The number of carbonyl (C=O) groups excluding carboxylic acids is 1. The number of hydrogen-bond donors (Lipinski definition) is 1. The third kappa shape index (κ3) is 6.02. The minimum Gasteiger partial charge on any atom is -0.299 e. The zero-order chi connectivity index (χ0) is 22.4. The molecule has 3 aromatic rings. The number of aromatic nitrogens is 2. The van der Waals surface area contributed by atoms with Gasteiger partial charge in [0, 0.05) is 5.75 Å². The molecular formula is C20H21FN4O3S3. The summed E-state index contributed by atoms with van der Waals surface area (Å²) in [6.07, 6.45) is 0.982. The summed E-state index contributed by atoms with van der Waals surface area (Å²) in [5.74, 6) is -0.203. The Morgan fingerprint density at radius 1 is 1.13 bits per heavy atom. The summed E-state index contributed by atoms with van der Waals surface area (Å²) in [6.45, 7) is 3.39. The van der Waals surface area contributed by atoms with Crippen molar-refractivity contribution >= 4 is 49.8 Å². The number of aryl methyl sites for hydroxylation is 1. The SMILES string of the molecule is CCCSc1nnc(NC(=O)CN(c2ccc(F)cc2)S(=O)(=O)c2ccc(C)cc2)s1. The molecule has 0 fully saturated rings. The van der Waals surface area contributed by atoms with Crippen LogP contribution < -0.4 is 9.62 Å². The summed E-state index contributed by atoms with van der Waals surface area (Å²) in [7, 11) is -4.06. The molecule has 0 saturated heterocycles. The first-order valence-electron chi connectivity index (χ1n) is 9.40. The van der Waals surface area contributed by atoms with Crippen LogP contribution in [0.15, 0.2) is 57.8 Å². The highest BCUT2D eigenvalue weighted by molar-refractivity contribution is 8.01. The number of sulfonamides is 1. The highest BCUT2D eigenvalue weighted by atomic mass is 32.2. The summed E-state index contributed by atoms with van der Waals surface area (Å²) in [6, 6.07) is 11.2. The zero-order valence-corrected chi connectivity index (χ0v) is 19.4. The smallest absolute Gasteiger partial charge is 0.264 e. The molecule has 0 bridgehead atoms. The lowest BCUT2D eigenvalue weighted by Crippen LogP contribution is -2.38. The van der Waals surface area contributed by atoms with Crippen LogP contribution >= 0.6 is 23.1 Å². The second-order valence-electron chi connectivity index (χ2n) is 6.57. The molecule has 0 spiro atoms. The van der Waals surface area contributed by atoms with Gasteiger partial charge in [0.15, 0.2) is 4.34 Å². The van der Waals surface area contributed by atoms with Gasteiger partial charge in [0.05, 0.1) is 10.6 Å². The number of carbonyl (C=O) groups is 1. The average Bonchev–Trinajstić information content (AvgIpc) is 3.18. The standard InChI is InChI=1S/C20H21FN4O3S3/c1-3-12-29-20-24-23-19(30-20)22-18(26)13-25(16-8-6-15(21)7-9-16)31(27,28)17-10-4-14(2)5-11-17/h4-11H,3,12-13H2,1-2H3,(H,22,23,26). The Morgan fingerprint density at radius 3 is 2.45 bits per heavy atom. The van der Waals surface area contributed by atoms with Crippen LogP contribution in [0, 0.1) is 12.7 Å². The molecule has 31 heavy (non-hydrogen) atoms. The van der Waals surface area contributed by atoms with E-state index in [9.17, 15) is 17.6 Å². The Morgan fingerprint density at radius 2 is 1.81 bits per heavy atom. The largest absolute Gasteiger partial charge is 0.299 e. The van der Waals surface area contributed by atoms with Crippen molar-refractivity contribution in [2.45, 2.75) is 29.5 Å². The Bertz CT molecular complexity index is 1130. The maximum Gasteiger partial charge on any atom is 0.264 e. The number of rotatable bonds is 9.